The van der Waals surface area contributed by atoms with Crippen LogP contribution >= 0.6 is 0 Å². The molecule has 0 saturated carbocycles. The predicted molar refractivity (Wildman–Crippen MR) is 72.2 cm³/mol. The summed E-state index contributed by atoms with van der Waals surface area (Å²) in [6, 6.07) is 0. The molecule has 0 aromatic carbocycles. The molecular weight excluding hydrogens is 212 g/mol. The zero-order chi connectivity index (χ0) is 12.2. The molecule has 0 bridgehead atoms. The summed E-state index contributed by atoms with van der Waals surface area (Å²) >= 11 is 0. The molecule has 1 heterocycles. The van der Waals surface area contributed by atoms with Crippen molar-refractivity contribution < 1.29 is 9.47 Å². The number of rotatable bonds is 10. The highest BCUT2D eigenvalue weighted by molar-refractivity contribution is 4.54. The van der Waals surface area contributed by atoms with Crippen LogP contribution in [-0.4, -0.2) is 19.5 Å². The van der Waals surface area contributed by atoms with Crippen LogP contribution < -0.4 is 0 Å². The molecule has 1 unspecified atom stereocenters. The minimum Gasteiger partial charge on any atom is -0.353 e. The summed E-state index contributed by atoms with van der Waals surface area (Å²) in [6.45, 7) is 4.05. The predicted octanol–water partition coefficient (Wildman–Crippen LogP) is 4.67. The van der Waals surface area contributed by atoms with Gasteiger partial charge < -0.3 is 9.47 Å². The smallest absolute Gasteiger partial charge is 0.157 e. The topological polar surface area (TPSA) is 18.5 Å². The number of hydrogen-bond acceptors (Lipinski definition) is 2. The van der Waals surface area contributed by atoms with Gasteiger partial charge >= 0.3 is 0 Å². The molecule has 1 fully saturated rings. The van der Waals surface area contributed by atoms with Crippen molar-refractivity contribution in [2.75, 3.05) is 13.2 Å². The minimum absolute atomic E-state index is 0.105. The van der Waals surface area contributed by atoms with E-state index in [2.05, 4.69) is 6.92 Å². The van der Waals surface area contributed by atoms with E-state index < -0.39 is 0 Å². The fraction of sp³-hybridized carbons (Fsp3) is 1.00. The van der Waals surface area contributed by atoms with E-state index in [4.69, 9.17) is 9.47 Å². The van der Waals surface area contributed by atoms with Crippen molar-refractivity contribution in [2.24, 2.45) is 0 Å². The zero-order valence-corrected chi connectivity index (χ0v) is 11.6. The third-order valence-electron chi connectivity index (χ3n) is 3.44. The molecule has 0 amide bonds. The van der Waals surface area contributed by atoms with Gasteiger partial charge in [0.05, 0.1) is 0 Å². The van der Waals surface area contributed by atoms with Crippen molar-refractivity contribution in [1.29, 1.82) is 0 Å². The molecule has 1 aliphatic heterocycles. The largest absolute Gasteiger partial charge is 0.353 e. The van der Waals surface area contributed by atoms with Gasteiger partial charge in [-0.3, -0.25) is 0 Å². The van der Waals surface area contributed by atoms with Crippen LogP contribution in [0.3, 0.4) is 0 Å². The lowest BCUT2D eigenvalue weighted by Crippen LogP contribution is -2.22. The number of ether oxygens (including phenoxy) is 2. The molecular formula is C15H30O2. The molecule has 0 aromatic heterocycles. The summed E-state index contributed by atoms with van der Waals surface area (Å²) in [6.07, 6.45) is 14.6. The Morgan fingerprint density at radius 2 is 1.65 bits per heavy atom. The average Bonchev–Trinajstić information content (AvgIpc) is 2.38. The summed E-state index contributed by atoms with van der Waals surface area (Å²) in [5, 5.41) is 0. The Morgan fingerprint density at radius 3 is 2.29 bits per heavy atom. The van der Waals surface area contributed by atoms with Crippen LogP contribution in [0, 0.1) is 0 Å². The monoisotopic (exact) mass is 242 g/mol. The molecule has 1 rings (SSSR count). The van der Waals surface area contributed by atoms with Gasteiger partial charge in [0.25, 0.3) is 0 Å². The average molecular weight is 242 g/mol. The SMILES string of the molecule is CCCCCCCCCCOC1CCCCO1. The van der Waals surface area contributed by atoms with Gasteiger partial charge in [0, 0.05) is 13.2 Å². The summed E-state index contributed by atoms with van der Waals surface area (Å²) in [5.74, 6) is 0. The zero-order valence-electron chi connectivity index (χ0n) is 11.6. The van der Waals surface area contributed by atoms with Crippen LogP contribution in [-0.2, 0) is 9.47 Å². The first-order valence-electron chi connectivity index (χ1n) is 7.66. The fourth-order valence-electron chi connectivity index (χ4n) is 2.29. The highest BCUT2D eigenvalue weighted by atomic mass is 16.7. The first-order chi connectivity index (χ1) is 8.43. The molecule has 17 heavy (non-hydrogen) atoms. The summed E-state index contributed by atoms with van der Waals surface area (Å²) in [7, 11) is 0. The van der Waals surface area contributed by atoms with Crippen molar-refractivity contribution in [3.8, 4) is 0 Å². The second kappa shape index (κ2) is 11.0. The highest BCUT2D eigenvalue weighted by Crippen LogP contribution is 2.14. The Bertz CT molecular complexity index is 153. The van der Waals surface area contributed by atoms with E-state index in [9.17, 15) is 0 Å². The molecule has 1 aliphatic rings. The van der Waals surface area contributed by atoms with Crippen LogP contribution in [0.25, 0.3) is 0 Å². The van der Waals surface area contributed by atoms with Gasteiger partial charge in [-0.1, -0.05) is 51.9 Å². The van der Waals surface area contributed by atoms with Crippen molar-refractivity contribution in [1.82, 2.24) is 0 Å². The third kappa shape index (κ3) is 8.62. The van der Waals surface area contributed by atoms with E-state index in [0.29, 0.717) is 0 Å². The van der Waals surface area contributed by atoms with E-state index in [1.807, 2.05) is 0 Å². The Balaban J connectivity index is 1.75. The van der Waals surface area contributed by atoms with Crippen LogP contribution in [0.5, 0.6) is 0 Å². The van der Waals surface area contributed by atoms with E-state index in [1.165, 1.54) is 64.2 Å². The first kappa shape index (κ1) is 15.0. The van der Waals surface area contributed by atoms with E-state index in [1.54, 1.807) is 0 Å². The maximum absolute atomic E-state index is 5.71. The Hall–Kier alpha value is -0.0800. The second-order valence-electron chi connectivity index (χ2n) is 5.14. The maximum Gasteiger partial charge on any atom is 0.157 e. The fourth-order valence-corrected chi connectivity index (χ4v) is 2.29. The Kier molecular flexibility index (Phi) is 9.72. The lowest BCUT2D eigenvalue weighted by atomic mass is 10.1. The summed E-state index contributed by atoms with van der Waals surface area (Å²) in [4.78, 5) is 0. The minimum atomic E-state index is 0.105. The molecule has 0 aliphatic carbocycles. The van der Waals surface area contributed by atoms with Crippen LogP contribution in [0.15, 0.2) is 0 Å². The molecule has 2 nitrogen and oxygen atoms in total. The normalized spacial score (nSPS) is 20.6. The van der Waals surface area contributed by atoms with Crippen molar-refractivity contribution in [2.45, 2.75) is 83.8 Å². The molecule has 0 N–H and O–H groups in total. The van der Waals surface area contributed by atoms with Gasteiger partial charge in [0.1, 0.15) is 0 Å². The van der Waals surface area contributed by atoms with Crippen LogP contribution in [0.2, 0.25) is 0 Å². The lowest BCUT2D eigenvalue weighted by Gasteiger charge is -2.22. The van der Waals surface area contributed by atoms with Gasteiger partial charge in [0.15, 0.2) is 6.29 Å². The van der Waals surface area contributed by atoms with Crippen molar-refractivity contribution in [3.63, 3.8) is 0 Å². The number of unbranched alkanes of at least 4 members (excludes halogenated alkanes) is 7. The standard InChI is InChI=1S/C15H30O2/c1-2-3-4-5-6-7-8-10-13-16-15-12-9-11-14-17-15/h15H,2-14H2,1H3. The van der Waals surface area contributed by atoms with Crippen LogP contribution in [0.4, 0.5) is 0 Å². The van der Waals surface area contributed by atoms with Crippen LogP contribution in [0.1, 0.15) is 77.6 Å². The van der Waals surface area contributed by atoms with Gasteiger partial charge in [0.2, 0.25) is 0 Å². The maximum atomic E-state index is 5.71. The summed E-state index contributed by atoms with van der Waals surface area (Å²) < 4.78 is 11.2. The Morgan fingerprint density at radius 1 is 0.941 bits per heavy atom. The van der Waals surface area contributed by atoms with Crippen molar-refractivity contribution >= 4 is 0 Å². The molecule has 0 aromatic rings. The highest BCUT2D eigenvalue weighted by Gasteiger charge is 2.13. The molecule has 0 spiro atoms. The molecule has 102 valence electrons. The van der Waals surface area contributed by atoms with Gasteiger partial charge in [-0.15, -0.1) is 0 Å². The van der Waals surface area contributed by atoms with Crippen molar-refractivity contribution in [3.05, 3.63) is 0 Å². The second-order valence-corrected chi connectivity index (χ2v) is 5.14. The van der Waals surface area contributed by atoms with Gasteiger partial charge in [-0.05, 0) is 25.7 Å². The Labute approximate surface area is 107 Å². The third-order valence-corrected chi connectivity index (χ3v) is 3.44. The van der Waals surface area contributed by atoms with Gasteiger partial charge in [-0.2, -0.15) is 0 Å². The molecule has 0 radical (unpaired) electrons. The van der Waals surface area contributed by atoms with E-state index in [0.717, 1.165) is 19.6 Å². The molecule has 1 saturated heterocycles. The van der Waals surface area contributed by atoms with E-state index >= 15 is 0 Å². The molecule has 1 atom stereocenters. The molecule has 2 heteroatoms. The lowest BCUT2D eigenvalue weighted by molar-refractivity contribution is -0.162. The summed E-state index contributed by atoms with van der Waals surface area (Å²) in [5.41, 5.74) is 0. The first-order valence-corrected chi connectivity index (χ1v) is 7.66. The quantitative estimate of drug-likeness (QED) is 0.518. The van der Waals surface area contributed by atoms with Gasteiger partial charge in [-0.25, -0.2) is 0 Å². The van der Waals surface area contributed by atoms with E-state index in [-0.39, 0.29) is 6.29 Å². The number of hydrogen-bond donors (Lipinski definition) is 0.